The molecule has 1 atom stereocenters. The molecule has 0 bridgehead atoms. The Labute approximate surface area is 103 Å². The molecule has 1 unspecified atom stereocenters. The van der Waals surface area contributed by atoms with Gasteiger partial charge in [0.05, 0.1) is 17.6 Å². The van der Waals surface area contributed by atoms with E-state index in [0.29, 0.717) is 6.04 Å². The first-order chi connectivity index (χ1) is 8.16. The predicted octanol–water partition coefficient (Wildman–Crippen LogP) is 1.81. The summed E-state index contributed by atoms with van der Waals surface area (Å²) in [6.07, 6.45) is 4.74. The minimum Gasteiger partial charge on any atom is -0.396 e. The van der Waals surface area contributed by atoms with Crippen molar-refractivity contribution in [3.05, 3.63) is 18.5 Å². The summed E-state index contributed by atoms with van der Waals surface area (Å²) in [6.45, 7) is 7.93. The highest BCUT2D eigenvalue weighted by atomic mass is 15.2. The molecular formula is C13H22N4. The fourth-order valence-corrected chi connectivity index (χ4v) is 2.32. The zero-order valence-corrected chi connectivity index (χ0v) is 10.7. The molecule has 0 radical (unpaired) electrons. The lowest BCUT2D eigenvalue weighted by Crippen LogP contribution is -2.29. The van der Waals surface area contributed by atoms with E-state index in [-0.39, 0.29) is 0 Å². The van der Waals surface area contributed by atoms with Gasteiger partial charge in [-0.05, 0) is 38.8 Å². The molecule has 0 aliphatic carbocycles. The standard InChI is InChI=1S/C13H22N4/c1-10(2)17-6-4-11(9-17)7-16-13-3-5-15-8-12(13)14/h3,5,8,10-11H,4,6-7,9,14H2,1-2H3,(H,15,16). The highest BCUT2D eigenvalue weighted by Gasteiger charge is 2.23. The molecule has 1 aliphatic rings. The monoisotopic (exact) mass is 234 g/mol. The molecule has 1 fully saturated rings. The molecule has 1 aliphatic heterocycles. The Morgan fingerprint density at radius 3 is 3.06 bits per heavy atom. The van der Waals surface area contributed by atoms with Gasteiger partial charge < -0.3 is 16.0 Å². The van der Waals surface area contributed by atoms with Crippen LogP contribution in [0.4, 0.5) is 11.4 Å². The van der Waals surface area contributed by atoms with Crippen molar-refractivity contribution in [1.29, 1.82) is 0 Å². The summed E-state index contributed by atoms with van der Waals surface area (Å²) >= 11 is 0. The van der Waals surface area contributed by atoms with Gasteiger partial charge in [-0.3, -0.25) is 4.98 Å². The number of pyridine rings is 1. The quantitative estimate of drug-likeness (QED) is 0.834. The summed E-state index contributed by atoms with van der Waals surface area (Å²) < 4.78 is 0. The van der Waals surface area contributed by atoms with Crippen molar-refractivity contribution in [2.24, 2.45) is 5.92 Å². The second-order valence-electron chi connectivity index (χ2n) is 5.09. The van der Waals surface area contributed by atoms with Crippen molar-refractivity contribution in [3.8, 4) is 0 Å². The van der Waals surface area contributed by atoms with E-state index in [1.807, 2.05) is 6.07 Å². The van der Waals surface area contributed by atoms with Gasteiger partial charge in [-0.15, -0.1) is 0 Å². The first kappa shape index (κ1) is 12.2. The molecule has 0 saturated carbocycles. The molecule has 3 N–H and O–H groups in total. The van der Waals surface area contributed by atoms with Crippen LogP contribution in [0.25, 0.3) is 0 Å². The Hall–Kier alpha value is -1.29. The number of nitrogen functional groups attached to an aromatic ring is 1. The van der Waals surface area contributed by atoms with Crippen LogP contribution in [0, 0.1) is 5.92 Å². The van der Waals surface area contributed by atoms with Crippen molar-refractivity contribution in [2.75, 3.05) is 30.7 Å². The second kappa shape index (κ2) is 5.36. The van der Waals surface area contributed by atoms with Gasteiger partial charge in [0, 0.05) is 25.3 Å². The molecule has 1 aromatic heterocycles. The normalized spacial score (nSPS) is 21.0. The summed E-state index contributed by atoms with van der Waals surface area (Å²) in [5.41, 5.74) is 7.58. The van der Waals surface area contributed by atoms with Gasteiger partial charge in [0.1, 0.15) is 0 Å². The number of nitrogens with two attached hydrogens (primary N) is 1. The van der Waals surface area contributed by atoms with Crippen LogP contribution in [0.5, 0.6) is 0 Å². The number of rotatable bonds is 4. The minimum atomic E-state index is 0.658. The summed E-state index contributed by atoms with van der Waals surface area (Å²) in [4.78, 5) is 6.52. The van der Waals surface area contributed by atoms with Crippen LogP contribution in [0.3, 0.4) is 0 Å². The fourth-order valence-electron chi connectivity index (χ4n) is 2.32. The summed E-state index contributed by atoms with van der Waals surface area (Å²) in [6, 6.07) is 2.59. The first-order valence-corrected chi connectivity index (χ1v) is 6.34. The van der Waals surface area contributed by atoms with Crippen molar-refractivity contribution in [2.45, 2.75) is 26.3 Å². The Kier molecular flexibility index (Phi) is 3.84. The lowest BCUT2D eigenvalue weighted by molar-refractivity contribution is 0.266. The van der Waals surface area contributed by atoms with Crippen molar-refractivity contribution in [3.63, 3.8) is 0 Å². The molecule has 1 aromatic rings. The fraction of sp³-hybridized carbons (Fsp3) is 0.615. The molecule has 0 aromatic carbocycles. The first-order valence-electron chi connectivity index (χ1n) is 6.34. The molecule has 17 heavy (non-hydrogen) atoms. The third-order valence-electron chi connectivity index (χ3n) is 3.48. The van der Waals surface area contributed by atoms with Crippen LogP contribution < -0.4 is 11.1 Å². The Balaban J connectivity index is 1.82. The summed E-state index contributed by atoms with van der Waals surface area (Å²) in [5, 5.41) is 3.42. The van der Waals surface area contributed by atoms with Crippen LogP contribution in [-0.4, -0.2) is 35.6 Å². The molecule has 1 saturated heterocycles. The average molecular weight is 234 g/mol. The number of nitrogens with one attached hydrogen (secondary N) is 1. The van der Waals surface area contributed by atoms with E-state index in [9.17, 15) is 0 Å². The average Bonchev–Trinajstić information content (AvgIpc) is 2.77. The van der Waals surface area contributed by atoms with E-state index in [0.717, 1.165) is 23.8 Å². The van der Waals surface area contributed by atoms with Gasteiger partial charge >= 0.3 is 0 Å². The van der Waals surface area contributed by atoms with Crippen LogP contribution in [0.15, 0.2) is 18.5 Å². The molecule has 94 valence electrons. The van der Waals surface area contributed by atoms with Gasteiger partial charge in [-0.2, -0.15) is 0 Å². The molecule has 4 nitrogen and oxygen atoms in total. The maximum absolute atomic E-state index is 5.85. The van der Waals surface area contributed by atoms with E-state index in [1.54, 1.807) is 12.4 Å². The van der Waals surface area contributed by atoms with E-state index in [2.05, 4.69) is 29.0 Å². The molecule has 2 rings (SSSR count). The van der Waals surface area contributed by atoms with Crippen molar-refractivity contribution in [1.82, 2.24) is 9.88 Å². The van der Waals surface area contributed by atoms with E-state index in [1.165, 1.54) is 19.5 Å². The number of hydrogen-bond acceptors (Lipinski definition) is 4. The molecule has 0 amide bonds. The summed E-state index contributed by atoms with van der Waals surface area (Å²) in [7, 11) is 0. The minimum absolute atomic E-state index is 0.658. The molecule has 2 heterocycles. The van der Waals surface area contributed by atoms with Crippen LogP contribution >= 0.6 is 0 Å². The highest BCUT2D eigenvalue weighted by Crippen LogP contribution is 2.21. The molecule has 0 spiro atoms. The van der Waals surface area contributed by atoms with Crippen LogP contribution in [0.2, 0.25) is 0 Å². The zero-order chi connectivity index (χ0) is 12.3. The number of anilines is 2. The molecular weight excluding hydrogens is 212 g/mol. The Bertz CT molecular complexity index is 364. The highest BCUT2D eigenvalue weighted by molar-refractivity contribution is 5.64. The lowest BCUT2D eigenvalue weighted by Gasteiger charge is -2.20. The summed E-state index contributed by atoms with van der Waals surface area (Å²) in [5.74, 6) is 0.727. The van der Waals surface area contributed by atoms with E-state index >= 15 is 0 Å². The van der Waals surface area contributed by atoms with Crippen molar-refractivity contribution >= 4 is 11.4 Å². The lowest BCUT2D eigenvalue weighted by atomic mass is 10.1. The van der Waals surface area contributed by atoms with Gasteiger partial charge in [0.25, 0.3) is 0 Å². The maximum atomic E-state index is 5.85. The van der Waals surface area contributed by atoms with Gasteiger partial charge in [0.2, 0.25) is 0 Å². The number of hydrogen-bond donors (Lipinski definition) is 2. The van der Waals surface area contributed by atoms with Crippen LogP contribution in [-0.2, 0) is 0 Å². The predicted molar refractivity (Wildman–Crippen MR) is 72.0 cm³/mol. The second-order valence-corrected chi connectivity index (χ2v) is 5.09. The van der Waals surface area contributed by atoms with Gasteiger partial charge in [-0.1, -0.05) is 0 Å². The Morgan fingerprint density at radius 1 is 1.59 bits per heavy atom. The molecule has 4 heteroatoms. The van der Waals surface area contributed by atoms with Gasteiger partial charge in [-0.25, -0.2) is 0 Å². The van der Waals surface area contributed by atoms with Crippen LogP contribution in [0.1, 0.15) is 20.3 Å². The largest absolute Gasteiger partial charge is 0.396 e. The van der Waals surface area contributed by atoms with E-state index in [4.69, 9.17) is 5.73 Å². The third kappa shape index (κ3) is 3.09. The Morgan fingerprint density at radius 2 is 2.41 bits per heavy atom. The van der Waals surface area contributed by atoms with E-state index < -0.39 is 0 Å². The number of aromatic nitrogens is 1. The number of likely N-dealkylation sites (tertiary alicyclic amines) is 1. The maximum Gasteiger partial charge on any atom is 0.0736 e. The third-order valence-corrected chi connectivity index (χ3v) is 3.48. The SMILES string of the molecule is CC(C)N1CCC(CNc2ccncc2N)C1. The topological polar surface area (TPSA) is 54.2 Å². The zero-order valence-electron chi connectivity index (χ0n) is 10.7. The smallest absolute Gasteiger partial charge is 0.0736 e. The number of nitrogens with zero attached hydrogens (tertiary/aromatic N) is 2. The van der Waals surface area contributed by atoms with Crippen molar-refractivity contribution < 1.29 is 0 Å². The van der Waals surface area contributed by atoms with Gasteiger partial charge in [0.15, 0.2) is 0 Å².